The van der Waals surface area contributed by atoms with E-state index in [4.69, 9.17) is 14.2 Å². The fourth-order valence-corrected chi connectivity index (χ4v) is 3.37. The first-order valence-electron chi connectivity index (χ1n) is 7.55. The van der Waals surface area contributed by atoms with Gasteiger partial charge in [0, 0.05) is 10.0 Å². The van der Waals surface area contributed by atoms with Crippen LogP contribution in [-0.2, 0) is 11.2 Å². The first-order chi connectivity index (χ1) is 11.5. The van der Waals surface area contributed by atoms with Crippen LogP contribution in [0.3, 0.4) is 0 Å². The minimum absolute atomic E-state index is 0.215. The number of esters is 1. The fourth-order valence-electron chi connectivity index (χ4n) is 3.00. The van der Waals surface area contributed by atoms with Crippen LogP contribution in [0.25, 0.3) is 0 Å². The molecule has 0 saturated carbocycles. The van der Waals surface area contributed by atoms with Gasteiger partial charge in [-0.1, -0.05) is 15.9 Å². The van der Waals surface area contributed by atoms with Gasteiger partial charge in [-0.2, -0.15) is 0 Å². The highest BCUT2D eigenvalue weighted by molar-refractivity contribution is 9.10. The molecule has 0 aliphatic carbocycles. The number of carbonyl (C=O) groups excluding carboxylic acids is 2. The summed E-state index contributed by atoms with van der Waals surface area (Å²) >= 11 is 3.36. The quantitative estimate of drug-likeness (QED) is 0.736. The van der Waals surface area contributed by atoms with Gasteiger partial charge in [-0.05, 0) is 43.3 Å². The lowest BCUT2D eigenvalue weighted by molar-refractivity contribution is -0.0531. The zero-order valence-corrected chi connectivity index (χ0v) is 14.4. The van der Waals surface area contributed by atoms with Crippen molar-refractivity contribution < 1.29 is 23.8 Å². The average molecular weight is 389 g/mol. The number of hydrogen-bond donors (Lipinski definition) is 0. The van der Waals surface area contributed by atoms with Gasteiger partial charge < -0.3 is 14.2 Å². The summed E-state index contributed by atoms with van der Waals surface area (Å²) < 4.78 is 17.5. The van der Waals surface area contributed by atoms with E-state index in [0.717, 1.165) is 10.0 Å². The molecule has 0 radical (unpaired) electrons. The van der Waals surface area contributed by atoms with Crippen molar-refractivity contribution in [1.82, 2.24) is 0 Å². The summed E-state index contributed by atoms with van der Waals surface area (Å²) in [6.07, 6.45) is 0.251. The summed E-state index contributed by atoms with van der Waals surface area (Å²) in [7, 11) is 0. The third kappa shape index (κ3) is 2.21. The molecular weight excluding hydrogens is 376 g/mol. The number of ketones is 1. The van der Waals surface area contributed by atoms with Gasteiger partial charge in [0.1, 0.15) is 11.5 Å². The predicted molar refractivity (Wildman–Crippen MR) is 88.6 cm³/mol. The number of benzene rings is 2. The maximum Gasteiger partial charge on any atom is 0.338 e. The van der Waals surface area contributed by atoms with E-state index in [-0.39, 0.29) is 12.2 Å². The predicted octanol–water partition coefficient (Wildman–Crippen LogP) is 3.53. The van der Waals surface area contributed by atoms with Crippen LogP contribution in [0, 0.1) is 0 Å². The highest BCUT2D eigenvalue weighted by Gasteiger charge is 2.54. The van der Waals surface area contributed by atoms with E-state index in [1.807, 2.05) is 6.07 Å². The van der Waals surface area contributed by atoms with E-state index in [0.29, 0.717) is 29.2 Å². The van der Waals surface area contributed by atoms with E-state index < -0.39 is 11.8 Å². The Morgan fingerprint density at radius 1 is 1.21 bits per heavy atom. The lowest BCUT2D eigenvalue weighted by Crippen LogP contribution is -2.44. The molecule has 2 aromatic rings. The Hall–Kier alpha value is -2.34. The molecule has 0 fully saturated rings. The molecule has 1 atom stereocenters. The van der Waals surface area contributed by atoms with Gasteiger partial charge in [0.25, 0.3) is 5.78 Å². The Labute approximate surface area is 146 Å². The molecule has 0 N–H and O–H groups in total. The van der Waals surface area contributed by atoms with Crippen molar-refractivity contribution in [3.63, 3.8) is 0 Å². The van der Waals surface area contributed by atoms with Crippen molar-refractivity contribution in [3.8, 4) is 11.5 Å². The first kappa shape index (κ1) is 15.2. The van der Waals surface area contributed by atoms with Crippen LogP contribution in [0.5, 0.6) is 11.5 Å². The molecule has 1 spiro atoms. The summed E-state index contributed by atoms with van der Waals surface area (Å²) in [5, 5.41) is 0. The van der Waals surface area contributed by atoms with Gasteiger partial charge in [-0.3, -0.25) is 4.79 Å². The molecule has 0 aromatic heterocycles. The summed E-state index contributed by atoms with van der Waals surface area (Å²) in [6, 6.07) is 10.3. The number of halogens is 1. The van der Waals surface area contributed by atoms with Gasteiger partial charge in [0.15, 0.2) is 0 Å². The molecule has 0 bridgehead atoms. The SMILES string of the molecule is CCOC(=O)c1ccc2c(c1)CC1(O2)Oc2ccc(Br)cc2C1=O. The van der Waals surface area contributed by atoms with Crippen LogP contribution < -0.4 is 9.47 Å². The van der Waals surface area contributed by atoms with Gasteiger partial charge in [0.2, 0.25) is 0 Å². The second-order valence-electron chi connectivity index (χ2n) is 5.65. The fraction of sp³-hybridized carbons (Fsp3) is 0.222. The zero-order valence-electron chi connectivity index (χ0n) is 12.8. The maximum absolute atomic E-state index is 12.8. The van der Waals surface area contributed by atoms with Crippen molar-refractivity contribution in [2.24, 2.45) is 0 Å². The van der Waals surface area contributed by atoms with Gasteiger partial charge >= 0.3 is 11.8 Å². The van der Waals surface area contributed by atoms with Crippen LogP contribution >= 0.6 is 15.9 Å². The molecule has 122 valence electrons. The molecule has 0 saturated heterocycles. The van der Waals surface area contributed by atoms with Crippen molar-refractivity contribution in [1.29, 1.82) is 0 Å². The lowest BCUT2D eigenvalue weighted by atomic mass is 10.00. The Morgan fingerprint density at radius 3 is 2.75 bits per heavy atom. The van der Waals surface area contributed by atoms with Crippen LogP contribution in [0.1, 0.15) is 33.2 Å². The highest BCUT2D eigenvalue weighted by atomic mass is 79.9. The Morgan fingerprint density at radius 2 is 1.96 bits per heavy atom. The number of fused-ring (bicyclic) bond motifs is 2. The van der Waals surface area contributed by atoms with E-state index in [1.165, 1.54) is 0 Å². The average Bonchev–Trinajstić information content (AvgIpc) is 3.05. The monoisotopic (exact) mass is 388 g/mol. The molecule has 6 heteroatoms. The molecule has 4 rings (SSSR count). The standard InChI is InChI=1S/C18H13BrO5/c1-2-22-17(21)10-3-5-14-11(7-10)9-18(23-14)16(20)13-8-12(19)4-6-15(13)24-18/h3-8H,2,9H2,1H3. The Kier molecular flexibility index (Phi) is 3.38. The smallest absolute Gasteiger partial charge is 0.338 e. The van der Waals surface area contributed by atoms with Crippen LogP contribution in [0.4, 0.5) is 0 Å². The van der Waals surface area contributed by atoms with E-state index >= 15 is 0 Å². The number of Topliss-reactive ketones (excluding diaryl/α,β-unsaturated/α-hetero) is 1. The second-order valence-corrected chi connectivity index (χ2v) is 6.56. The third-order valence-electron chi connectivity index (χ3n) is 4.08. The van der Waals surface area contributed by atoms with Crippen molar-refractivity contribution in [2.45, 2.75) is 19.1 Å². The topological polar surface area (TPSA) is 61.8 Å². The molecule has 2 aliphatic rings. The van der Waals surface area contributed by atoms with Crippen molar-refractivity contribution in [2.75, 3.05) is 6.61 Å². The summed E-state index contributed by atoms with van der Waals surface area (Å²) in [5.74, 6) is -0.941. The number of rotatable bonds is 2. The van der Waals surface area contributed by atoms with Crippen LogP contribution in [0.15, 0.2) is 40.9 Å². The van der Waals surface area contributed by atoms with Gasteiger partial charge in [-0.25, -0.2) is 4.79 Å². The Bertz CT molecular complexity index is 876. The zero-order chi connectivity index (χ0) is 16.9. The summed E-state index contributed by atoms with van der Waals surface area (Å²) in [5.41, 5.74) is 1.67. The maximum atomic E-state index is 12.8. The van der Waals surface area contributed by atoms with Crippen LogP contribution in [-0.4, -0.2) is 24.1 Å². The van der Waals surface area contributed by atoms with E-state index in [2.05, 4.69) is 15.9 Å². The highest BCUT2D eigenvalue weighted by Crippen LogP contribution is 2.45. The van der Waals surface area contributed by atoms with Crippen LogP contribution in [0.2, 0.25) is 0 Å². The molecule has 2 aliphatic heterocycles. The minimum Gasteiger partial charge on any atom is -0.462 e. The molecule has 0 amide bonds. The summed E-state index contributed by atoms with van der Waals surface area (Å²) in [6.45, 7) is 2.06. The summed E-state index contributed by atoms with van der Waals surface area (Å²) in [4.78, 5) is 24.7. The second kappa shape index (κ2) is 5.34. The molecule has 24 heavy (non-hydrogen) atoms. The first-order valence-corrected chi connectivity index (χ1v) is 8.34. The molecular formula is C18H13BrO5. The van der Waals surface area contributed by atoms with Gasteiger partial charge in [0.05, 0.1) is 24.2 Å². The molecule has 1 unspecified atom stereocenters. The number of hydrogen-bond acceptors (Lipinski definition) is 5. The third-order valence-corrected chi connectivity index (χ3v) is 4.57. The number of ether oxygens (including phenoxy) is 3. The molecule has 5 nitrogen and oxygen atoms in total. The normalized spacial score (nSPS) is 20.3. The van der Waals surface area contributed by atoms with E-state index in [1.54, 1.807) is 37.3 Å². The number of carbonyl (C=O) groups is 2. The minimum atomic E-state index is -1.38. The molecule has 2 aromatic carbocycles. The Balaban J connectivity index is 1.67. The lowest BCUT2D eigenvalue weighted by Gasteiger charge is -2.20. The molecule has 2 heterocycles. The van der Waals surface area contributed by atoms with Gasteiger partial charge in [-0.15, -0.1) is 0 Å². The largest absolute Gasteiger partial charge is 0.462 e. The van der Waals surface area contributed by atoms with Crippen molar-refractivity contribution >= 4 is 27.7 Å². The van der Waals surface area contributed by atoms with E-state index in [9.17, 15) is 9.59 Å². The van der Waals surface area contributed by atoms with Crippen molar-refractivity contribution in [3.05, 3.63) is 57.6 Å².